The lowest BCUT2D eigenvalue weighted by molar-refractivity contribution is 0.417. The molecule has 1 N–H and O–H groups in total. The van der Waals surface area contributed by atoms with E-state index in [1.54, 1.807) is 0 Å². The third-order valence-electron chi connectivity index (χ3n) is 4.03. The summed E-state index contributed by atoms with van der Waals surface area (Å²) in [5.41, 5.74) is 0. The van der Waals surface area contributed by atoms with Gasteiger partial charge in [0.1, 0.15) is 11.6 Å². The number of hydrogen-bond acceptors (Lipinski definition) is 3. The van der Waals surface area contributed by atoms with E-state index in [9.17, 15) is 0 Å². The Kier molecular flexibility index (Phi) is 5.83. The molecule has 1 aromatic heterocycles. The molecule has 0 spiro atoms. The first-order chi connectivity index (χ1) is 9.35. The minimum absolute atomic E-state index is 0.640. The zero-order valence-corrected chi connectivity index (χ0v) is 12.5. The first-order valence-corrected chi connectivity index (χ1v) is 7.99. The van der Waals surface area contributed by atoms with Gasteiger partial charge in [-0.15, -0.1) is 10.2 Å². The van der Waals surface area contributed by atoms with Crippen LogP contribution in [0.25, 0.3) is 0 Å². The molecule has 1 unspecified atom stereocenters. The summed E-state index contributed by atoms with van der Waals surface area (Å²) >= 11 is 0. The van der Waals surface area contributed by atoms with Crippen molar-refractivity contribution in [3.05, 3.63) is 11.6 Å². The third-order valence-corrected chi connectivity index (χ3v) is 4.03. The van der Waals surface area contributed by atoms with E-state index in [1.807, 2.05) is 0 Å². The van der Waals surface area contributed by atoms with Crippen molar-refractivity contribution in [3.63, 3.8) is 0 Å². The molecule has 0 saturated carbocycles. The Morgan fingerprint density at radius 3 is 2.84 bits per heavy atom. The fraction of sp³-hybridized carbons (Fsp3) is 0.867. The van der Waals surface area contributed by atoms with E-state index in [0.717, 1.165) is 25.3 Å². The second-order valence-corrected chi connectivity index (χ2v) is 5.65. The second-order valence-electron chi connectivity index (χ2n) is 5.65. The smallest absolute Gasteiger partial charge is 0.147 e. The van der Waals surface area contributed by atoms with Crippen molar-refractivity contribution in [3.8, 4) is 0 Å². The number of nitrogens with one attached hydrogen (secondary N) is 1. The van der Waals surface area contributed by atoms with Crippen LogP contribution < -0.4 is 5.32 Å². The molecule has 0 aliphatic carbocycles. The average Bonchev–Trinajstić information content (AvgIpc) is 2.85. The maximum atomic E-state index is 4.36. The van der Waals surface area contributed by atoms with Crippen LogP contribution in [0, 0.1) is 0 Å². The van der Waals surface area contributed by atoms with Gasteiger partial charge in [-0.2, -0.15) is 0 Å². The first-order valence-electron chi connectivity index (χ1n) is 7.99. The largest absolute Gasteiger partial charge is 0.314 e. The highest BCUT2D eigenvalue weighted by atomic mass is 15.3. The Bertz CT molecular complexity index is 372. The van der Waals surface area contributed by atoms with Gasteiger partial charge >= 0.3 is 0 Å². The van der Waals surface area contributed by atoms with Crippen LogP contribution in [0.5, 0.6) is 0 Å². The molecule has 108 valence electrons. The third kappa shape index (κ3) is 4.03. The lowest BCUT2D eigenvalue weighted by atomic mass is 10.1. The summed E-state index contributed by atoms with van der Waals surface area (Å²) in [5.74, 6) is 2.32. The molecule has 0 saturated heterocycles. The maximum absolute atomic E-state index is 4.36. The highest BCUT2D eigenvalue weighted by Crippen LogP contribution is 2.15. The standard InChI is InChI=1S/C15H28N4/c1-3-5-9-13(8-4-2)16-12-15-18-17-14-10-6-7-11-19(14)15/h13,16H,3-12H2,1-2H3. The van der Waals surface area contributed by atoms with Crippen molar-refractivity contribution >= 4 is 0 Å². The molecular weight excluding hydrogens is 236 g/mol. The number of unbranched alkanes of at least 4 members (excludes halogenated alkanes) is 1. The molecular formula is C15H28N4. The van der Waals surface area contributed by atoms with Crippen LogP contribution in [0.15, 0.2) is 0 Å². The molecule has 1 aromatic rings. The Labute approximate surface area is 117 Å². The minimum Gasteiger partial charge on any atom is -0.314 e. The van der Waals surface area contributed by atoms with Gasteiger partial charge in [0.05, 0.1) is 6.54 Å². The van der Waals surface area contributed by atoms with Crippen molar-refractivity contribution in [2.24, 2.45) is 0 Å². The molecule has 4 heteroatoms. The van der Waals surface area contributed by atoms with Crippen LogP contribution in [0.2, 0.25) is 0 Å². The first kappa shape index (κ1) is 14.5. The maximum Gasteiger partial charge on any atom is 0.147 e. The number of aromatic nitrogens is 3. The normalized spacial score (nSPS) is 16.3. The topological polar surface area (TPSA) is 42.7 Å². The molecule has 2 rings (SSSR count). The van der Waals surface area contributed by atoms with Crippen LogP contribution in [0.3, 0.4) is 0 Å². The zero-order valence-electron chi connectivity index (χ0n) is 12.5. The van der Waals surface area contributed by atoms with Gasteiger partial charge in [0.25, 0.3) is 0 Å². The lowest BCUT2D eigenvalue weighted by Crippen LogP contribution is -2.30. The van der Waals surface area contributed by atoms with E-state index in [-0.39, 0.29) is 0 Å². The Morgan fingerprint density at radius 2 is 2.05 bits per heavy atom. The van der Waals surface area contributed by atoms with Gasteiger partial charge < -0.3 is 9.88 Å². The minimum atomic E-state index is 0.640. The SMILES string of the molecule is CCCCC(CCC)NCc1nnc2n1CCCC2. The van der Waals surface area contributed by atoms with Crippen LogP contribution in [0.1, 0.15) is 70.4 Å². The highest BCUT2D eigenvalue weighted by Gasteiger charge is 2.16. The molecule has 0 aromatic carbocycles. The highest BCUT2D eigenvalue weighted by molar-refractivity contribution is 4.98. The summed E-state index contributed by atoms with van der Waals surface area (Å²) in [6.07, 6.45) is 10.0. The van der Waals surface area contributed by atoms with Crippen LogP contribution in [0.4, 0.5) is 0 Å². The summed E-state index contributed by atoms with van der Waals surface area (Å²) in [6, 6.07) is 0.640. The molecule has 0 bridgehead atoms. The monoisotopic (exact) mass is 264 g/mol. The van der Waals surface area contributed by atoms with E-state index >= 15 is 0 Å². The molecule has 2 heterocycles. The predicted molar refractivity (Wildman–Crippen MR) is 78.0 cm³/mol. The van der Waals surface area contributed by atoms with Crippen LogP contribution in [-0.4, -0.2) is 20.8 Å². The summed E-state index contributed by atoms with van der Waals surface area (Å²) in [7, 11) is 0. The van der Waals surface area contributed by atoms with Crippen molar-refractivity contribution in [1.82, 2.24) is 20.1 Å². The number of hydrogen-bond donors (Lipinski definition) is 1. The van der Waals surface area contributed by atoms with E-state index in [2.05, 4.69) is 33.9 Å². The van der Waals surface area contributed by atoms with E-state index in [1.165, 1.54) is 50.8 Å². The number of aryl methyl sites for hydroxylation is 1. The van der Waals surface area contributed by atoms with Gasteiger partial charge in [0, 0.05) is 19.0 Å². The quantitative estimate of drug-likeness (QED) is 0.784. The summed E-state index contributed by atoms with van der Waals surface area (Å²) < 4.78 is 2.32. The van der Waals surface area contributed by atoms with Crippen LogP contribution >= 0.6 is 0 Å². The Balaban J connectivity index is 1.87. The average molecular weight is 264 g/mol. The lowest BCUT2D eigenvalue weighted by Gasteiger charge is -2.19. The molecule has 1 aliphatic rings. The summed E-state index contributed by atoms with van der Waals surface area (Å²) in [5, 5.41) is 12.4. The molecule has 19 heavy (non-hydrogen) atoms. The van der Waals surface area contributed by atoms with Gasteiger partial charge in [0.15, 0.2) is 0 Å². The summed E-state index contributed by atoms with van der Waals surface area (Å²) in [4.78, 5) is 0. The van der Waals surface area contributed by atoms with Gasteiger partial charge in [0.2, 0.25) is 0 Å². The zero-order chi connectivity index (χ0) is 13.5. The predicted octanol–water partition coefficient (Wildman–Crippen LogP) is 3.06. The fourth-order valence-electron chi connectivity index (χ4n) is 2.88. The molecule has 1 aliphatic heterocycles. The second kappa shape index (κ2) is 7.63. The van der Waals surface area contributed by atoms with E-state index in [4.69, 9.17) is 0 Å². The van der Waals surface area contributed by atoms with E-state index in [0.29, 0.717) is 6.04 Å². The van der Waals surface area contributed by atoms with Gasteiger partial charge in [-0.1, -0.05) is 33.1 Å². The van der Waals surface area contributed by atoms with Crippen molar-refractivity contribution in [2.75, 3.05) is 0 Å². The number of nitrogens with zero attached hydrogens (tertiary/aromatic N) is 3. The molecule has 0 amide bonds. The van der Waals surface area contributed by atoms with Gasteiger partial charge in [-0.05, 0) is 25.7 Å². The molecule has 1 atom stereocenters. The fourth-order valence-corrected chi connectivity index (χ4v) is 2.88. The van der Waals surface area contributed by atoms with Gasteiger partial charge in [-0.3, -0.25) is 0 Å². The van der Waals surface area contributed by atoms with Crippen molar-refractivity contribution < 1.29 is 0 Å². The van der Waals surface area contributed by atoms with Crippen LogP contribution in [-0.2, 0) is 19.5 Å². The van der Waals surface area contributed by atoms with E-state index < -0.39 is 0 Å². The Morgan fingerprint density at radius 1 is 1.16 bits per heavy atom. The molecule has 0 fully saturated rings. The number of rotatable bonds is 8. The number of fused-ring (bicyclic) bond motifs is 1. The van der Waals surface area contributed by atoms with Crippen molar-refractivity contribution in [1.29, 1.82) is 0 Å². The molecule has 0 radical (unpaired) electrons. The van der Waals surface area contributed by atoms with Crippen molar-refractivity contribution in [2.45, 2.75) is 84.3 Å². The van der Waals surface area contributed by atoms with Gasteiger partial charge in [-0.25, -0.2) is 0 Å². The molecule has 4 nitrogen and oxygen atoms in total. The summed E-state index contributed by atoms with van der Waals surface area (Å²) in [6.45, 7) is 6.51. The Hall–Kier alpha value is -0.900.